The van der Waals surface area contributed by atoms with Gasteiger partial charge in [0.2, 0.25) is 16.0 Å². The third-order valence-electron chi connectivity index (χ3n) is 5.30. The Labute approximate surface area is 181 Å². The summed E-state index contributed by atoms with van der Waals surface area (Å²) in [4.78, 5) is 21.1. The molecular weight excluding hydrogens is 394 g/mol. The van der Waals surface area contributed by atoms with Gasteiger partial charge in [0.25, 0.3) is 5.56 Å². The first kappa shape index (κ1) is 12.6. The first-order chi connectivity index (χ1) is 16.7. The van der Waals surface area contributed by atoms with E-state index in [0.29, 0.717) is 24.6 Å². The minimum Gasteiger partial charge on any atom is -0.388 e. The average molecular weight is 430 g/mol. The third-order valence-corrected chi connectivity index (χ3v) is 6.24. The zero-order chi connectivity index (χ0) is 27.8. The fourth-order valence-corrected chi connectivity index (χ4v) is 4.23. The molecule has 2 N–H and O–H groups in total. The molecule has 2 atom stereocenters. The second-order valence-corrected chi connectivity index (χ2v) is 8.87. The van der Waals surface area contributed by atoms with E-state index in [9.17, 15) is 18.3 Å². The maximum absolute atomic E-state index is 12.8. The number of hydrogen-bond donors (Lipinski definition) is 2. The van der Waals surface area contributed by atoms with E-state index in [1.54, 1.807) is 6.92 Å². The van der Waals surface area contributed by atoms with Crippen LogP contribution in [0.15, 0.2) is 23.1 Å². The summed E-state index contributed by atoms with van der Waals surface area (Å²) >= 11 is 0. The summed E-state index contributed by atoms with van der Waals surface area (Å²) < 4.78 is 90.3. The number of fused-ring (bicyclic) bond motifs is 1. The Morgan fingerprint density at radius 2 is 2.17 bits per heavy atom. The van der Waals surface area contributed by atoms with Gasteiger partial charge in [-0.3, -0.25) is 9.36 Å². The van der Waals surface area contributed by atoms with Crippen LogP contribution in [0.25, 0.3) is 11.0 Å². The van der Waals surface area contributed by atoms with Crippen LogP contribution in [0.4, 0.5) is 5.95 Å². The summed E-state index contributed by atoms with van der Waals surface area (Å²) in [5.74, 6) is -0.403. The van der Waals surface area contributed by atoms with Crippen molar-refractivity contribution in [3.63, 3.8) is 0 Å². The molecule has 2 fully saturated rings. The van der Waals surface area contributed by atoms with Crippen LogP contribution in [0.3, 0.4) is 0 Å². The number of aliphatic hydroxyl groups is 1. The zero-order valence-corrected chi connectivity index (χ0v) is 16.5. The number of nitrogens with zero attached hydrogens (tertiary/aromatic N) is 4. The lowest BCUT2D eigenvalue weighted by molar-refractivity contribution is 0.0267. The predicted molar refractivity (Wildman–Crippen MR) is 110 cm³/mol. The van der Waals surface area contributed by atoms with E-state index in [1.807, 2.05) is 0 Å². The Hall–Kier alpha value is -2.04. The lowest BCUT2D eigenvalue weighted by atomic mass is 10.00. The Kier molecular flexibility index (Phi) is 3.19. The Balaban J connectivity index is 1.77. The van der Waals surface area contributed by atoms with E-state index in [-0.39, 0.29) is 9.95 Å². The van der Waals surface area contributed by atoms with Crippen molar-refractivity contribution < 1.29 is 24.5 Å². The van der Waals surface area contributed by atoms with Crippen molar-refractivity contribution in [2.75, 3.05) is 24.6 Å². The fourth-order valence-electron chi connectivity index (χ4n) is 3.76. The predicted octanol–water partition coefficient (Wildman–Crippen LogP) is 1.10. The lowest BCUT2D eigenvalue weighted by Gasteiger charge is -2.31. The molecule has 10 heteroatoms. The molecule has 0 aromatic carbocycles. The Morgan fingerprint density at radius 1 is 1.41 bits per heavy atom. The monoisotopic (exact) mass is 429 g/mol. The van der Waals surface area contributed by atoms with E-state index in [0.717, 1.165) is 0 Å². The maximum atomic E-state index is 12.8. The van der Waals surface area contributed by atoms with Crippen molar-refractivity contribution in [3.8, 4) is 0 Å². The highest BCUT2D eigenvalue weighted by Gasteiger charge is 2.39. The summed E-state index contributed by atoms with van der Waals surface area (Å²) in [7, 11) is -5.08. The summed E-state index contributed by atoms with van der Waals surface area (Å²) in [6.45, 7) is -0.598. The number of rotatable bonds is 4. The van der Waals surface area contributed by atoms with Crippen LogP contribution in [0.1, 0.15) is 55.9 Å². The van der Waals surface area contributed by atoms with Gasteiger partial charge in [0, 0.05) is 46.4 Å². The largest absolute Gasteiger partial charge is 0.388 e. The van der Waals surface area contributed by atoms with Crippen LogP contribution in [0.2, 0.25) is 0 Å². The van der Waals surface area contributed by atoms with E-state index in [1.165, 1.54) is 22.9 Å². The average Bonchev–Trinajstić information content (AvgIpc) is 3.09. The molecular formula is C19H27N5O4S. The van der Waals surface area contributed by atoms with Crippen LogP contribution in [0.5, 0.6) is 0 Å². The summed E-state index contributed by atoms with van der Waals surface area (Å²) in [6, 6.07) is -0.693. The van der Waals surface area contributed by atoms with Gasteiger partial charge in [0.15, 0.2) is 0 Å². The molecule has 3 heterocycles. The molecule has 0 bridgehead atoms. The number of pyridine rings is 1. The molecule has 2 aromatic heterocycles. The molecule has 1 aliphatic carbocycles. The van der Waals surface area contributed by atoms with Crippen molar-refractivity contribution in [2.45, 2.75) is 56.6 Å². The van der Waals surface area contributed by atoms with Gasteiger partial charge in [0.1, 0.15) is 5.65 Å². The molecule has 0 spiro atoms. The molecule has 4 rings (SSSR count). The van der Waals surface area contributed by atoms with Gasteiger partial charge in [-0.05, 0) is 45.0 Å². The number of nitrogens with one attached hydrogen (secondary N) is 1. The number of aromatic nitrogens is 3. The first-order valence-corrected chi connectivity index (χ1v) is 10.6. The normalized spacial score (nSPS) is 35.9. The van der Waals surface area contributed by atoms with Crippen LogP contribution < -0.4 is 10.9 Å². The van der Waals surface area contributed by atoms with Crippen molar-refractivity contribution in [3.05, 3.63) is 28.7 Å². The smallest absolute Gasteiger partial charge is 0.252 e. The Bertz CT molecular complexity index is 1380. The zero-order valence-electron chi connectivity index (χ0n) is 23.7. The number of hydrogen-bond acceptors (Lipinski definition) is 7. The molecule has 1 saturated heterocycles. The minimum atomic E-state index is -5.08. The van der Waals surface area contributed by atoms with Crippen LogP contribution in [-0.2, 0) is 10.0 Å². The lowest BCUT2D eigenvalue weighted by Crippen LogP contribution is -2.42. The van der Waals surface area contributed by atoms with Gasteiger partial charge in [-0.25, -0.2) is 17.7 Å². The first-order valence-electron chi connectivity index (χ1n) is 13.1. The Morgan fingerprint density at radius 3 is 2.83 bits per heavy atom. The number of anilines is 1. The van der Waals surface area contributed by atoms with Crippen molar-refractivity contribution in [2.24, 2.45) is 0 Å². The third kappa shape index (κ3) is 4.01. The molecule has 1 aliphatic heterocycles. The number of sulfonamides is 1. The minimum absolute atomic E-state index is 0.0873. The summed E-state index contributed by atoms with van der Waals surface area (Å²) in [5, 5.41) is 13.6. The molecule has 0 amide bonds. The number of piperidine rings is 1. The molecule has 1 saturated carbocycles. The SMILES string of the molecule is [2H]C1([2H])CN(S(=O)(=O)C([2H])([2H])[2H])CC([2H])([2H])C1([2H])Nc1ncc2ccc(=O)n([C@@H]3CCC[C@@]3(C)O)c2n1. The van der Waals surface area contributed by atoms with Crippen molar-refractivity contribution in [1.29, 1.82) is 0 Å². The van der Waals surface area contributed by atoms with Gasteiger partial charge in [-0.1, -0.05) is 0 Å². The van der Waals surface area contributed by atoms with Crippen molar-refractivity contribution >= 4 is 27.0 Å². The van der Waals surface area contributed by atoms with E-state index < -0.39 is 71.2 Å². The highest BCUT2D eigenvalue weighted by Crippen LogP contribution is 2.39. The molecule has 29 heavy (non-hydrogen) atoms. The topological polar surface area (TPSA) is 117 Å². The highest BCUT2D eigenvalue weighted by molar-refractivity contribution is 7.88. The maximum Gasteiger partial charge on any atom is 0.252 e. The fraction of sp³-hybridized carbons (Fsp3) is 0.632. The van der Waals surface area contributed by atoms with Crippen LogP contribution >= 0.6 is 0 Å². The van der Waals surface area contributed by atoms with E-state index in [2.05, 4.69) is 15.3 Å². The van der Waals surface area contributed by atoms with E-state index in [4.69, 9.17) is 11.0 Å². The molecule has 2 aliphatic rings. The second-order valence-electron chi connectivity index (χ2n) is 7.41. The van der Waals surface area contributed by atoms with Gasteiger partial charge in [-0.15, -0.1) is 0 Å². The van der Waals surface area contributed by atoms with Crippen LogP contribution in [0, 0.1) is 0 Å². The standard InChI is InChI=1S/C19H27N5O4S/c1-19(26)9-3-4-15(19)24-16(25)6-5-13-12-20-18(22-17(13)24)21-14-7-10-23(11-8-14)29(2,27)28/h5-6,12,14-15,26H,3-4,7-11H2,1-2H3,(H,20,21,22)/t15-,19-/m1/s1/i2D3,7D2,8D2,14D. The molecule has 9 nitrogen and oxygen atoms in total. The second kappa shape index (κ2) is 7.33. The van der Waals surface area contributed by atoms with Crippen molar-refractivity contribution in [1.82, 2.24) is 18.8 Å². The molecule has 158 valence electrons. The quantitative estimate of drug-likeness (QED) is 0.747. The highest BCUT2D eigenvalue weighted by atomic mass is 32.2. The molecule has 0 unspecified atom stereocenters. The van der Waals surface area contributed by atoms with E-state index >= 15 is 0 Å². The summed E-state index contributed by atoms with van der Waals surface area (Å²) in [6.07, 6.45) is -6.51. The summed E-state index contributed by atoms with van der Waals surface area (Å²) in [5.41, 5.74) is -1.55. The molecule has 0 radical (unpaired) electrons. The van der Waals surface area contributed by atoms with Gasteiger partial charge < -0.3 is 10.4 Å². The van der Waals surface area contributed by atoms with Gasteiger partial charge >= 0.3 is 0 Å². The van der Waals surface area contributed by atoms with Crippen LogP contribution in [-0.4, -0.2) is 63.3 Å². The molecule has 2 aromatic rings. The van der Waals surface area contributed by atoms with Gasteiger partial charge in [0.05, 0.1) is 19.2 Å². The van der Waals surface area contributed by atoms with Gasteiger partial charge in [-0.2, -0.15) is 4.98 Å².